The molecule has 1 N–H and O–H groups in total. The van der Waals surface area contributed by atoms with Gasteiger partial charge in [0.05, 0.1) is 23.8 Å². The van der Waals surface area contributed by atoms with E-state index in [1.165, 1.54) is 7.11 Å². The number of methoxy groups -OCH3 is 1. The van der Waals surface area contributed by atoms with Gasteiger partial charge in [0.25, 0.3) is 0 Å². The summed E-state index contributed by atoms with van der Waals surface area (Å²) >= 11 is 0. The van der Waals surface area contributed by atoms with Crippen molar-refractivity contribution in [2.45, 2.75) is 70.6 Å². The van der Waals surface area contributed by atoms with Gasteiger partial charge >= 0.3 is 6.09 Å². The molecule has 0 saturated heterocycles. The van der Waals surface area contributed by atoms with E-state index in [1.807, 2.05) is 49.4 Å². The summed E-state index contributed by atoms with van der Waals surface area (Å²) in [4.78, 5) is 31.3. The highest BCUT2D eigenvalue weighted by Gasteiger charge is 2.34. The summed E-state index contributed by atoms with van der Waals surface area (Å²) in [6.07, 6.45) is 3.80. The highest BCUT2D eigenvalue weighted by molar-refractivity contribution is 5.95. The Morgan fingerprint density at radius 2 is 1.77 bits per heavy atom. The number of carbonyl (C=O) groups is 2. The number of carbonyl (C=O) groups excluding carboxylic acids is 2. The number of Topliss-reactive ketones (excluding diaryl/α,β-unsaturated/α-hetero) is 1. The van der Waals surface area contributed by atoms with Crippen molar-refractivity contribution in [3.05, 3.63) is 59.4 Å². The molecule has 1 aromatic heterocycles. The van der Waals surface area contributed by atoms with Gasteiger partial charge < -0.3 is 14.4 Å². The summed E-state index contributed by atoms with van der Waals surface area (Å²) in [5.74, 6) is 0.995. The van der Waals surface area contributed by atoms with Crippen molar-refractivity contribution in [1.29, 1.82) is 0 Å². The van der Waals surface area contributed by atoms with Crippen LogP contribution in [-0.4, -0.2) is 39.7 Å². The van der Waals surface area contributed by atoms with Crippen molar-refractivity contribution >= 4 is 28.6 Å². The Hall–Kier alpha value is -3.19. The predicted octanol–water partition coefficient (Wildman–Crippen LogP) is 5.35. The van der Waals surface area contributed by atoms with Crippen LogP contribution in [0.4, 0.5) is 10.5 Å². The fourth-order valence-electron chi connectivity index (χ4n) is 5.89. The van der Waals surface area contributed by atoms with Gasteiger partial charge in [0.1, 0.15) is 17.7 Å². The Balaban J connectivity index is 1.65. The van der Waals surface area contributed by atoms with Crippen LogP contribution in [0.2, 0.25) is 0 Å². The highest BCUT2D eigenvalue weighted by Crippen LogP contribution is 2.42. The summed E-state index contributed by atoms with van der Waals surface area (Å²) in [7, 11) is 1.41. The maximum absolute atomic E-state index is 12.6. The molecule has 5 rings (SSSR count). The van der Waals surface area contributed by atoms with E-state index in [9.17, 15) is 14.7 Å². The molecule has 1 amide bonds. The largest absolute Gasteiger partial charge is 0.452 e. The van der Waals surface area contributed by atoms with E-state index in [1.54, 1.807) is 11.8 Å². The van der Waals surface area contributed by atoms with Gasteiger partial charge in [-0.1, -0.05) is 30.3 Å². The number of hydrogen-bond donors (Lipinski definition) is 1. The summed E-state index contributed by atoms with van der Waals surface area (Å²) < 4.78 is 7.27. The Labute approximate surface area is 205 Å². The van der Waals surface area contributed by atoms with Gasteiger partial charge in [-0.3, -0.25) is 9.69 Å². The Kier molecular flexibility index (Phi) is 6.36. The number of ether oxygens (including phenoxy) is 1. The van der Waals surface area contributed by atoms with Crippen molar-refractivity contribution in [3.8, 4) is 0 Å². The molecule has 35 heavy (non-hydrogen) atoms. The zero-order chi connectivity index (χ0) is 24.7. The van der Waals surface area contributed by atoms with Gasteiger partial charge in [0.2, 0.25) is 0 Å². The van der Waals surface area contributed by atoms with Crippen LogP contribution in [-0.2, 0) is 16.0 Å². The molecule has 1 aliphatic heterocycles. The van der Waals surface area contributed by atoms with E-state index in [4.69, 9.17) is 9.72 Å². The number of benzene rings is 2. The molecule has 1 fully saturated rings. The maximum Gasteiger partial charge on any atom is 0.414 e. The fourth-order valence-corrected chi connectivity index (χ4v) is 5.89. The van der Waals surface area contributed by atoms with Crippen LogP contribution in [0, 0.1) is 5.92 Å². The highest BCUT2D eigenvalue weighted by atomic mass is 16.5. The predicted molar refractivity (Wildman–Crippen MR) is 135 cm³/mol. The molecule has 7 nitrogen and oxygen atoms in total. The lowest BCUT2D eigenvalue weighted by atomic mass is 9.83. The first kappa shape index (κ1) is 23.5. The first-order chi connectivity index (χ1) is 16.9. The van der Waals surface area contributed by atoms with Crippen LogP contribution < -0.4 is 4.90 Å². The molecule has 0 bridgehead atoms. The van der Waals surface area contributed by atoms with Gasteiger partial charge in [-0.05, 0) is 70.1 Å². The van der Waals surface area contributed by atoms with Gasteiger partial charge in [-0.2, -0.15) is 0 Å². The van der Waals surface area contributed by atoms with E-state index in [2.05, 4.69) is 4.57 Å². The topological polar surface area (TPSA) is 84.7 Å². The molecule has 7 heteroatoms. The Morgan fingerprint density at radius 1 is 1.06 bits per heavy atom. The molecule has 2 heterocycles. The molecule has 2 atom stereocenters. The van der Waals surface area contributed by atoms with Crippen molar-refractivity contribution in [2.24, 2.45) is 5.92 Å². The molecular weight excluding hydrogens is 442 g/mol. The van der Waals surface area contributed by atoms with Crippen LogP contribution in [0.5, 0.6) is 0 Å². The number of aryl methyl sites for hydroxylation is 1. The van der Waals surface area contributed by atoms with Crippen molar-refractivity contribution in [3.63, 3.8) is 0 Å². The molecule has 1 saturated carbocycles. The average molecular weight is 476 g/mol. The zero-order valence-corrected chi connectivity index (χ0v) is 20.6. The number of aliphatic hydroxyl groups excluding tert-OH is 1. The second kappa shape index (κ2) is 9.46. The third-order valence-corrected chi connectivity index (χ3v) is 7.85. The molecule has 3 aromatic rings. The minimum Gasteiger partial charge on any atom is -0.452 e. The first-order valence-electron chi connectivity index (χ1n) is 12.5. The quantitative estimate of drug-likeness (QED) is 0.550. The third kappa shape index (κ3) is 4.12. The molecule has 2 aromatic carbocycles. The Bertz CT molecular complexity index is 1240. The Morgan fingerprint density at radius 3 is 2.43 bits per heavy atom. The monoisotopic (exact) mass is 475 g/mol. The number of rotatable bonds is 4. The number of nitrogens with zero attached hydrogens (tertiary/aromatic N) is 3. The van der Waals surface area contributed by atoms with Crippen molar-refractivity contribution in [2.75, 3.05) is 12.0 Å². The van der Waals surface area contributed by atoms with E-state index >= 15 is 0 Å². The minimum absolute atomic E-state index is 0.0331. The molecule has 0 radical (unpaired) electrons. The number of amides is 1. The number of imidazole rings is 1. The molecule has 0 unspecified atom stereocenters. The van der Waals surface area contributed by atoms with Crippen LogP contribution in [0.25, 0.3) is 11.0 Å². The smallest absolute Gasteiger partial charge is 0.414 e. The van der Waals surface area contributed by atoms with Gasteiger partial charge in [-0.15, -0.1) is 0 Å². The lowest BCUT2D eigenvalue weighted by Crippen LogP contribution is -2.42. The molecule has 1 aliphatic carbocycles. The summed E-state index contributed by atoms with van der Waals surface area (Å²) in [6.45, 7) is 3.71. The number of ketones is 1. The second-order valence-corrected chi connectivity index (χ2v) is 9.93. The van der Waals surface area contributed by atoms with Gasteiger partial charge in [0.15, 0.2) is 0 Å². The second-order valence-electron chi connectivity index (χ2n) is 9.93. The zero-order valence-electron chi connectivity index (χ0n) is 20.6. The van der Waals surface area contributed by atoms with Crippen LogP contribution in [0.1, 0.15) is 75.0 Å². The fraction of sp³-hybridized carbons (Fsp3) is 0.464. The summed E-state index contributed by atoms with van der Waals surface area (Å²) in [6, 6.07) is 13.8. The standard InChI is InChI=1S/C28H33N3O4/c1-17-9-14-22-23(30(17)28(34)35-3)15-16-24-25(22)29-27(26(33)20-7-5-4-6-8-20)31(24)21-12-10-19(11-13-21)18(2)32/h4-8,15-17,19,21,26,33H,9-14H2,1-3H3/t17-,19?,21?,26-/m0/s1. The lowest BCUT2D eigenvalue weighted by Gasteiger charge is -2.34. The minimum atomic E-state index is -0.871. The summed E-state index contributed by atoms with van der Waals surface area (Å²) in [5, 5.41) is 11.4. The SMILES string of the molecule is COC(=O)N1c2ccc3c(nc([C@@H](O)c4ccccc4)n3C3CCC(C(C)=O)CC3)c2CC[C@@H]1C. The van der Waals surface area contributed by atoms with E-state index < -0.39 is 6.10 Å². The van der Waals surface area contributed by atoms with Crippen LogP contribution >= 0.6 is 0 Å². The summed E-state index contributed by atoms with van der Waals surface area (Å²) in [5.41, 5.74) is 4.44. The normalized spacial score (nSPS) is 23.1. The molecular formula is C28H33N3O4. The number of anilines is 1. The van der Waals surface area contributed by atoms with Crippen LogP contribution in [0.15, 0.2) is 42.5 Å². The number of aliphatic hydroxyl groups is 1. The van der Waals surface area contributed by atoms with E-state index in [-0.39, 0.29) is 29.9 Å². The van der Waals surface area contributed by atoms with Crippen molar-refractivity contribution in [1.82, 2.24) is 9.55 Å². The van der Waals surface area contributed by atoms with Crippen molar-refractivity contribution < 1.29 is 19.4 Å². The van der Waals surface area contributed by atoms with Gasteiger partial charge in [-0.25, -0.2) is 9.78 Å². The number of aromatic nitrogens is 2. The molecule has 2 aliphatic rings. The molecule has 184 valence electrons. The number of hydrogen-bond acceptors (Lipinski definition) is 5. The third-order valence-electron chi connectivity index (χ3n) is 7.85. The van der Waals surface area contributed by atoms with E-state index in [0.29, 0.717) is 5.82 Å². The molecule has 0 spiro atoms. The number of fused-ring (bicyclic) bond motifs is 3. The van der Waals surface area contributed by atoms with Crippen LogP contribution in [0.3, 0.4) is 0 Å². The van der Waals surface area contributed by atoms with E-state index in [0.717, 1.165) is 66.4 Å². The average Bonchev–Trinajstić information content (AvgIpc) is 3.28. The maximum atomic E-state index is 12.6. The van der Waals surface area contributed by atoms with Gasteiger partial charge in [0, 0.05) is 23.6 Å². The lowest BCUT2D eigenvalue weighted by molar-refractivity contribution is -0.121. The first-order valence-corrected chi connectivity index (χ1v) is 12.5.